The highest BCUT2D eigenvalue weighted by molar-refractivity contribution is 6.33. The van der Waals surface area contributed by atoms with E-state index in [9.17, 15) is 9.59 Å². The van der Waals surface area contributed by atoms with Gasteiger partial charge in [0.05, 0.1) is 23.0 Å². The van der Waals surface area contributed by atoms with Crippen LogP contribution in [0, 0.1) is 0 Å². The Morgan fingerprint density at radius 2 is 1.59 bits per heavy atom. The Morgan fingerprint density at radius 1 is 0.906 bits per heavy atom. The average Bonchev–Trinajstić information content (AvgIpc) is 2.85. The van der Waals surface area contributed by atoms with Crippen molar-refractivity contribution in [3.8, 4) is 0 Å². The molecule has 1 aromatic heterocycles. The SMILES string of the molecule is O=C(N[C@H](CC(=O)N1CCN(c2ccccn2)CC1)c1ccccc1)c1ccccc1Cl. The molecule has 0 radical (unpaired) electrons. The van der Waals surface area contributed by atoms with E-state index in [0.717, 1.165) is 24.5 Å². The third-order valence-electron chi connectivity index (χ3n) is 5.61. The van der Waals surface area contributed by atoms with Crippen molar-refractivity contribution >= 4 is 29.2 Å². The van der Waals surface area contributed by atoms with Crippen LogP contribution in [-0.4, -0.2) is 47.9 Å². The van der Waals surface area contributed by atoms with Gasteiger partial charge in [0.1, 0.15) is 5.82 Å². The summed E-state index contributed by atoms with van der Waals surface area (Å²) in [4.78, 5) is 34.4. The van der Waals surface area contributed by atoms with E-state index < -0.39 is 6.04 Å². The molecule has 2 aromatic carbocycles. The monoisotopic (exact) mass is 448 g/mol. The summed E-state index contributed by atoms with van der Waals surface area (Å²) in [5, 5.41) is 3.39. The smallest absolute Gasteiger partial charge is 0.253 e. The van der Waals surface area contributed by atoms with Crippen molar-refractivity contribution < 1.29 is 9.59 Å². The molecule has 0 bridgehead atoms. The van der Waals surface area contributed by atoms with Gasteiger partial charge in [-0.1, -0.05) is 60.1 Å². The number of halogens is 1. The Labute approximate surface area is 192 Å². The molecule has 1 saturated heterocycles. The third-order valence-corrected chi connectivity index (χ3v) is 5.94. The van der Waals surface area contributed by atoms with E-state index in [-0.39, 0.29) is 18.2 Å². The second-order valence-corrected chi connectivity index (χ2v) is 8.08. The molecular formula is C25H25ClN4O2. The Balaban J connectivity index is 1.43. The molecule has 0 spiro atoms. The van der Waals surface area contributed by atoms with Crippen molar-refractivity contribution in [2.24, 2.45) is 0 Å². The van der Waals surface area contributed by atoms with E-state index in [1.165, 1.54) is 0 Å². The zero-order valence-corrected chi connectivity index (χ0v) is 18.4. The number of nitrogens with zero attached hydrogens (tertiary/aromatic N) is 3. The van der Waals surface area contributed by atoms with Crippen LogP contribution >= 0.6 is 11.6 Å². The van der Waals surface area contributed by atoms with Crippen molar-refractivity contribution in [1.82, 2.24) is 15.2 Å². The molecule has 3 aromatic rings. The Morgan fingerprint density at radius 3 is 2.28 bits per heavy atom. The number of piperazine rings is 1. The minimum Gasteiger partial charge on any atom is -0.353 e. The van der Waals surface area contributed by atoms with Crippen molar-refractivity contribution in [3.05, 3.63) is 95.1 Å². The zero-order valence-electron chi connectivity index (χ0n) is 17.7. The first-order valence-corrected chi connectivity index (χ1v) is 11.0. The fourth-order valence-corrected chi connectivity index (χ4v) is 4.07. The molecule has 2 amide bonds. The molecule has 7 heteroatoms. The maximum absolute atomic E-state index is 13.1. The highest BCUT2D eigenvalue weighted by Gasteiger charge is 2.26. The molecule has 6 nitrogen and oxygen atoms in total. The van der Waals surface area contributed by atoms with E-state index in [1.54, 1.807) is 30.5 Å². The van der Waals surface area contributed by atoms with Gasteiger partial charge in [0.25, 0.3) is 5.91 Å². The van der Waals surface area contributed by atoms with Crippen molar-refractivity contribution in [2.45, 2.75) is 12.5 Å². The molecule has 0 aliphatic carbocycles. The third kappa shape index (κ3) is 5.26. The lowest BCUT2D eigenvalue weighted by molar-refractivity contribution is -0.132. The van der Waals surface area contributed by atoms with Gasteiger partial charge in [-0.05, 0) is 29.8 Å². The number of hydrogen-bond donors (Lipinski definition) is 1. The van der Waals surface area contributed by atoms with Gasteiger partial charge in [-0.3, -0.25) is 9.59 Å². The van der Waals surface area contributed by atoms with Crippen LogP contribution in [0.1, 0.15) is 28.4 Å². The van der Waals surface area contributed by atoms with Gasteiger partial charge >= 0.3 is 0 Å². The topological polar surface area (TPSA) is 65.5 Å². The molecule has 0 saturated carbocycles. The van der Waals surface area contributed by atoms with E-state index >= 15 is 0 Å². The number of aromatic nitrogens is 1. The first kappa shape index (κ1) is 21.8. The van der Waals surface area contributed by atoms with Crippen LogP contribution < -0.4 is 10.2 Å². The molecule has 32 heavy (non-hydrogen) atoms. The molecule has 0 unspecified atom stereocenters. The molecule has 1 aliphatic heterocycles. The number of carbonyl (C=O) groups is 2. The molecule has 1 aliphatic rings. The number of benzene rings is 2. The number of rotatable bonds is 6. The van der Waals surface area contributed by atoms with E-state index in [2.05, 4.69) is 15.2 Å². The summed E-state index contributed by atoms with van der Waals surface area (Å²) in [7, 11) is 0. The lowest BCUT2D eigenvalue weighted by atomic mass is 10.0. The second kappa shape index (κ2) is 10.3. The highest BCUT2D eigenvalue weighted by Crippen LogP contribution is 2.22. The number of pyridine rings is 1. The van der Waals surface area contributed by atoms with E-state index in [4.69, 9.17) is 11.6 Å². The van der Waals surface area contributed by atoms with Crippen LogP contribution in [0.3, 0.4) is 0 Å². The van der Waals surface area contributed by atoms with Crippen LogP contribution in [0.4, 0.5) is 5.82 Å². The van der Waals surface area contributed by atoms with Crippen LogP contribution in [-0.2, 0) is 4.79 Å². The van der Waals surface area contributed by atoms with Crippen LogP contribution in [0.5, 0.6) is 0 Å². The van der Waals surface area contributed by atoms with E-state index in [0.29, 0.717) is 23.7 Å². The lowest BCUT2D eigenvalue weighted by Crippen LogP contribution is -2.49. The molecule has 1 atom stereocenters. The Bertz CT molecular complexity index is 1050. The fraction of sp³-hybridized carbons (Fsp3) is 0.240. The molecular weight excluding hydrogens is 424 g/mol. The minimum absolute atomic E-state index is 0.0129. The van der Waals surface area contributed by atoms with Gasteiger partial charge in [-0.2, -0.15) is 0 Å². The number of amides is 2. The quantitative estimate of drug-likeness (QED) is 0.620. The lowest BCUT2D eigenvalue weighted by Gasteiger charge is -2.36. The fourth-order valence-electron chi connectivity index (χ4n) is 3.85. The Hall–Kier alpha value is -3.38. The summed E-state index contributed by atoms with van der Waals surface area (Å²) >= 11 is 6.19. The van der Waals surface area contributed by atoms with Crippen molar-refractivity contribution in [1.29, 1.82) is 0 Å². The van der Waals surface area contributed by atoms with Gasteiger partial charge in [-0.25, -0.2) is 4.98 Å². The maximum Gasteiger partial charge on any atom is 0.253 e. The summed E-state index contributed by atoms with van der Waals surface area (Å²) < 4.78 is 0. The molecule has 1 fully saturated rings. The second-order valence-electron chi connectivity index (χ2n) is 7.68. The number of anilines is 1. The average molecular weight is 449 g/mol. The summed E-state index contributed by atoms with van der Waals surface area (Å²) in [5.41, 5.74) is 1.28. The van der Waals surface area contributed by atoms with Crippen molar-refractivity contribution in [2.75, 3.05) is 31.1 Å². The standard InChI is InChI=1S/C25H25ClN4O2/c26-21-11-5-4-10-20(21)25(32)28-22(19-8-2-1-3-9-19)18-24(31)30-16-14-29(15-17-30)23-12-6-7-13-27-23/h1-13,22H,14-18H2,(H,28,32)/t22-/m1/s1. The van der Waals surface area contributed by atoms with Gasteiger partial charge in [0, 0.05) is 32.4 Å². The van der Waals surface area contributed by atoms with Crippen LogP contribution in [0.15, 0.2) is 79.0 Å². The molecule has 1 N–H and O–H groups in total. The van der Waals surface area contributed by atoms with Crippen LogP contribution in [0.25, 0.3) is 0 Å². The number of hydrogen-bond acceptors (Lipinski definition) is 4. The van der Waals surface area contributed by atoms with Gasteiger partial charge in [0.2, 0.25) is 5.91 Å². The maximum atomic E-state index is 13.1. The first-order chi connectivity index (χ1) is 15.6. The number of nitrogens with one attached hydrogen (secondary N) is 1. The van der Waals surface area contributed by atoms with Gasteiger partial charge < -0.3 is 15.1 Å². The summed E-state index contributed by atoms with van der Waals surface area (Å²) in [5.74, 6) is 0.643. The molecule has 164 valence electrons. The zero-order chi connectivity index (χ0) is 22.3. The summed E-state index contributed by atoms with van der Waals surface area (Å²) in [6.45, 7) is 2.69. The van der Waals surface area contributed by atoms with Crippen LogP contribution in [0.2, 0.25) is 5.02 Å². The summed E-state index contributed by atoms with van der Waals surface area (Å²) in [6.07, 6.45) is 1.96. The normalized spacial score (nSPS) is 14.7. The largest absolute Gasteiger partial charge is 0.353 e. The molecule has 4 rings (SSSR count). The van der Waals surface area contributed by atoms with Gasteiger partial charge in [-0.15, -0.1) is 0 Å². The van der Waals surface area contributed by atoms with E-state index in [1.807, 2.05) is 53.4 Å². The predicted molar refractivity (Wildman–Crippen MR) is 126 cm³/mol. The predicted octanol–water partition coefficient (Wildman–Crippen LogP) is 3.95. The van der Waals surface area contributed by atoms with Crippen molar-refractivity contribution in [3.63, 3.8) is 0 Å². The Kier molecular flexibility index (Phi) is 7.02. The number of carbonyl (C=O) groups excluding carboxylic acids is 2. The first-order valence-electron chi connectivity index (χ1n) is 10.7. The minimum atomic E-state index is -0.443. The van der Waals surface area contributed by atoms with Gasteiger partial charge in [0.15, 0.2) is 0 Å². The molecule has 2 heterocycles. The highest BCUT2D eigenvalue weighted by atomic mass is 35.5. The summed E-state index contributed by atoms with van der Waals surface area (Å²) in [6, 6.07) is 21.9.